The minimum atomic E-state index is -0.892. The summed E-state index contributed by atoms with van der Waals surface area (Å²) < 4.78 is 4.95. The van der Waals surface area contributed by atoms with Crippen LogP contribution in [0.25, 0.3) is 5.76 Å². The molecule has 1 aromatic carbocycles. The van der Waals surface area contributed by atoms with Crippen molar-refractivity contribution in [2.75, 3.05) is 7.11 Å². The van der Waals surface area contributed by atoms with Gasteiger partial charge in [-0.15, -0.1) is 0 Å². The maximum Gasteiger partial charge on any atom is 0.248 e. The van der Waals surface area contributed by atoms with Gasteiger partial charge in [-0.1, -0.05) is 11.6 Å². The number of methoxy groups -OCH3 is 1. The Hall–Kier alpha value is -1.81. The number of carbonyl (C=O) groups excluding carboxylic acids is 2. The molecule has 0 aliphatic heterocycles. The Morgan fingerprint density at radius 1 is 1.19 bits per heavy atom. The van der Waals surface area contributed by atoms with E-state index in [1.807, 2.05) is 0 Å². The molecule has 16 heavy (non-hydrogen) atoms. The molecule has 1 aliphatic rings. The van der Waals surface area contributed by atoms with E-state index in [9.17, 15) is 14.7 Å². The van der Waals surface area contributed by atoms with Gasteiger partial charge in [0.2, 0.25) is 11.6 Å². The van der Waals surface area contributed by atoms with E-state index in [1.54, 1.807) is 0 Å². The highest BCUT2D eigenvalue weighted by Gasteiger charge is 2.32. The first-order valence-corrected chi connectivity index (χ1v) is 4.80. The SMILES string of the molecule is COc1ccc2c(c1)C(O)=C(Cl)C(=O)C2=O. The van der Waals surface area contributed by atoms with Crippen LogP contribution in [0.5, 0.6) is 5.75 Å². The van der Waals surface area contributed by atoms with Crippen molar-refractivity contribution in [2.45, 2.75) is 0 Å². The van der Waals surface area contributed by atoms with E-state index in [-0.39, 0.29) is 16.9 Å². The van der Waals surface area contributed by atoms with E-state index < -0.39 is 16.6 Å². The van der Waals surface area contributed by atoms with Crippen molar-refractivity contribution in [3.8, 4) is 5.75 Å². The Morgan fingerprint density at radius 2 is 1.88 bits per heavy atom. The summed E-state index contributed by atoms with van der Waals surface area (Å²) in [5, 5.41) is 9.20. The number of benzene rings is 1. The smallest absolute Gasteiger partial charge is 0.248 e. The molecule has 0 saturated carbocycles. The highest BCUT2D eigenvalue weighted by molar-refractivity contribution is 6.64. The summed E-state index contributed by atoms with van der Waals surface area (Å²) in [6.45, 7) is 0. The van der Waals surface area contributed by atoms with Gasteiger partial charge in [-0.05, 0) is 18.2 Å². The summed E-state index contributed by atoms with van der Waals surface area (Å²) in [6, 6.07) is 4.42. The van der Waals surface area contributed by atoms with Crippen molar-refractivity contribution in [3.05, 3.63) is 34.4 Å². The van der Waals surface area contributed by atoms with Crippen molar-refractivity contribution in [2.24, 2.45) is 0 Å². The number of fused-ring (bicyclic) bond motifs is 1. The van der Waals surface area contributed by atoms with Crippen LogP contribution in [0.15, 0.2) is 23.2 Å². The third kappa shape index (κ3) is 1.39. The van der Waals surface area contributed by atoms with Crippen LogP contribution in [0, 0.1) is 0 Å². The number of allylic oxidation sites excluding steroid dienone is 1. The van der Waals surface area contributed by atoms with E-state index in [0.717, 1.165) is 0 Å². The van der Waals surface area contributed by atoms with Crippen LogP contribution in [0.1, 0.15) is 15.9 Å². The Kier molecular flexibility index (Phi) is 2.44. The van der Waals surface area contributed by atoms with Gasteiger partial charge in [-0.3, -0.25) is 9.59 Å². The summed E-state index contributed by atoms with van der Waals surface area (Å²) in [6.07, 6.45) is 0. The average molecular weight is 239 g/mol. The van der Waals surface area contributed by atoms with Gasteiger partial charge in [0.1, 0.15) is 16.5 Å². The standard InChI is InChI=1S/C11H7ClO4/c1-16-5-2-3-6-7(4-5)9(13)8(12)11(15)10(6)14/h2-4,13H,1H3. The summed E-state index contributed by atoms with van der Waals surface area (Å²) in [5.41, 5.74) is 0.349. The summed E-state index contributed by atoms with van der Waals surface area (Å²) in [4.78, 5) is 22.9. The lowest BCUT2D eigenvalue weighted by atomic mass is 9.93. The third-order valence-corrected chi connectivity index (χ3v) is 2.69. The van der Waals surface area contributed by atoms with Crippen molar-refractivity contribution >= 4 is 28.9 Å². The van der Waals surface area contributed by atoms with Crippen LogP contribution in [-0.4, -0.2) is 23.8 Å². The molecule has 0 bridgehead atoms. The van der Waals surface area contributed by atoms with Gasteiger partial charge in [0.15, 0.2) is 0 Å². The third-order valence-electron chi connectivity index (χ3n) is 2.34. The number of aliphatic hydroxyl groups excluding tert-OH is 1. The van der Waals surface area contributed by atoms with Crippen molar-refractivity contribution < 1.29 is 19.4 Å². The largest absolute Gasteiger partial charge is 0.506 e. The first-order valence-electron chi connectivity index (χ1n) is 4.42. The molecule has 1 N–H and O–H groups in total. The zero-order chi connectivity index (χ0) is 11.9. The average Bonchev–Trinajstić information content (AvgIpc) is 2.33. The molecular formula is C11H7ClO4. The van der Waals surface area contributed by atoms with Gasteiger partial charge in [0.05, 0.1) is 7.11 Å². The fraction of sp³-hybridized carbons (Fsp3) is 0.0909. The molecule has 5 heteroatoms. The van der Waals surface area contributed by atoms with Gasteiger partial charge in [-0.2, -0.15) is 0 Å². The van der Waals surface area contributed by atoms with E-state index in [0.29, 0.717) is 5.75 Å². The molecule has 0 fully saturated rings. The lowest BCUT2D eigenvalue weighted by molar-refractivity contribution is -0.111. The maximum atomic E-state index is 11.6. The Bertz CT molecular complexity index is 531. The molecule has 0 radical (unpaired) electrons. The van der Waals surface area contributed by atoms with Gasteiger partial charge < -0.3 is 9.84 Å². The van der Waals surface area contributed by atoms with Gasteiger partial charge >= 0.3 is 0 Å². The first-order chi connectivity index (χ1) is 7.56. The van der Waals surface area contributed by atoms with Crippen molar-refractivity contribution in [1.82, 2.24) is 0 Å². The number of aliphatic hydroxyl groups is 1. The number of ether oxygens (including phenoxy) is 1. The lowest BCUT2D eigenvalue weighted by Crippen LogP contribution is -2.21. The molecule has 1 aliphatic carbocycles. The zero-order valence-corrected chi connectivity index (χ0v) is 9.04. The molecule has 0 aromatic heterocycles. The van der Waals surface area contributed by atoms with E-state index in [2.05, 4.69) is 0 Å². The topological polar surface area (TPSA) is 63.6 Å². The fourth-order valence-corrected chi connectivity index (χ4v) is 1.68. The summed E-state index contributed by atoms with van der Waals surface area (Å²) >= 11 is 5.55. The molecule has 0 saturated heterocycles. The second-order valence-corrected chi connectivity index (χ2v) is 3.61. The molecular weight excluding hydrogens is 232 g/mol. The fourth-order valence-electron chi connectivity index (χ4n) is 1.49. The van der Waals surface area contributed by atoms with Crippen LogP contribution < -0.4 is 4.74 Å². The molecule has 4 nitrogen and oxygen atoms in total. The van der Waals surface area contributed by atoms with Gasteiger partial charge in [-0.25, -0.2) is 0 Å². The molecule has 82 valence electrons. The first kappa shape index (κ1) is 10.7. The number of ketones is 2. The van der Waals surface area contributed by atoms with Crippen LogP contribution in [0.2, 0.25) is 0 Å². The predicted molar refractivity (Wildman–Crippen MR) is 57.7 cm³/mol. The normalized spacial score (nSPS) is 15.1. The van der Waals surface area contributed by atoms with E-state index >= 15 is 0 Å². The number of halogens is 1. The van der Waals surface area contributed by atoms with E-state index in [1.165, 1.54) is 25.3 Å². The predicted octanol–water partition coefficient (Wildman–Crippen LogP) is 1.93. The second kappa shape index (κ2) is 3.64. The Morgan fingerprint density at radius 3 is 2.50 bits per heavy atom. The highest BCUT2D eigenvalue weighted by Crippen LogP contribution is 2.31. The monoisotopic (exact) mass is 238 g/mol. The number of carbonyl (C=O) groups is 2. The van der Waals surface area contributed by atoms with E-state index in [4.69, 9.17) is 16.3 Å². The summed E-state index contributed by atoms with van der Waals surface area (Å²) in [5.74, 6) is -1.53. The molecule has 0 heterocycles. The van der Waals surface area contributed by atoms with Crippen LogP contribution in [0.3, 0.4) is 0 Å². The minimum absolute atomic E-state index is 0.132. The molecule has 0 atom stereocenters. The molecule has 0 amide bonds. The number of rotatable bonds is 1. The maximum absolute atomic E-state index is 11.6. The number of Topliss-reactive ketones (excluding diaryl/α,β-unsaturated/α-hetero) is 2. The van der Waals surface area contributed by atoms with Crippen molar-refractivity contribution in [3.63, 3.8) is 0 Å². The lowest BCUT2D eigenvalue weighted by Gasteiger charge is -2.14. The highest BCUT2D eigenvalue weighted by atomic mass is 35.5. The Balaban J connectivity index is 2.71. The van der Waals surface area contributed by atoms with Crippen LogP contribution >= 0.6 is 11.6 Å². The molecule has 2 rings (SSSR count). The summed E-state index contributed by atoms with van der Waals surface area (Å²) in [7, 11) is 1.46. The molecule has 0 spiro atoms. The second-order valence-electron chi connectivity index (χ2n) is 3.23. The number of hydrogen-bond donors (Lipinski definition) is 1. The van der Waals surface area contributed by atoms with Gasteiger partial charge in [0.25, 0.3) is 0 Å². The molecule has 1 aromatic rings. The van der Waals surface area contributed by atoms with Crippen LogP contribution in [0.4, 0.5) is 0 Å². The Labute approximate surface area is 96.1 Å². The zero-order valence-electron chi connectivity index (χ0n) is 8.28. The molecule has 0 unspecified atom stereocenters. The quantitative estimate of drug-likeness (QED) is 0.760. The minimum Gasteiger partial charge on any atom is -0.506 e. The van der Waals surface area contributed by atoms with Crippen molar-refractivity contribution in [1.29, 1.82) is 0 Å². The van der Waals surface area contributed by atoms with Gasteiger partial charge in [0, 0.05) is 11.1 Å². The number of hydrogen-bond acceptors (Lipinski definition) is 4. The van der Waals surface area contributed by atoms with Crippen LogP contribution in [-0.2, 0) is 4.79 Å².